The second kappa shape index (κ2) is 5.78. The lowest BCUT2D eigenvalue weighted by Gasteiger charge is -2.33. The van der Waals surface area contributed by atoms with Crippen molar-refractivity contribution in [1.82, 2.24) is 4.90 Å². The van der Waals surface area contributed by atoms with Gasteiger partial charge in [-0.3, -0.25) is 4.79 Å². The summed E-state index contributed by atoms with van der Waals surface area (Å²) in [5, 5.41) is -0.149. The van der Waals surface area contributed by atoms with Crippen LogP contribution < -0.4 is 0 Å². The van der Waals surface area contributed by atoms with Crippen molar-refractivity contribution in [3.63, 3.8) is 0 Å². The monoisotopic (exact) mass is 311 g/mol. The molecule has 4 rings (SSSR count). The number of amides is 1. The van der Waals surface area contributed by atoms with Crippen molar-refractivity contribution in [3.8, 4) is 11.1 Å². The molecule has 0 aliphatic carbocycles. The van der Waals surface area contributed by atoms with Crippen LogP contribution in [0.2, 0.25) is 0 Å². The van der Waals surface area contributed by atoms with E-state index in [-0.39, 0.29) is 11.2 Å². The van der Waals surface area contributed by atoms with E-state index < -0.39 is 0 Å². The number of thioether (sulfide) groups is 1. The SMILES string of the molecule is O=C(C1Sc2ccccc2-c2ccccc21)N1CCOCC1. The van der Waals surface area contributed by atoms with Crippen LogP contribution in [0, 0.1) is 0 Å². The van der Waals surface area contributed by atoms with Gasteiger partial charge in [-0.2, -0.15) is 0 Å². The molecule has 22 heavy (non-hydrogen) atoms. The second-order valence-electron chi connectivity index (χ2n) is 5.52. The van der Waals surface area contributed by atoms with Gasteiger partial charge >= 0.3 is 0 Å². The van der Waals surface area contributed by atoms with Crippen molar-refractivity contribution in [1.29, 1.82) is 0 Å². The van der Waals surface area contributed by atoms with Gasteiger partial charge in [-0.15, -0.1) is 11.8 Å². The Labute approximate surface area is 134 Å². The first-order chi connectivity index (χ1) is 10.8. The number of rotatable bonds is 1. The average Bonchev–Trinajstić information content (AvgIpc) is 2.61. The molecule has 2 heterocycles. The van der Waals surface area contributed by atoms with Crippen molar-refractivity contribution in [2.24, 2.45) is 0 Å². The molecule has 1 saturated heterocycles. The van der Waals surface area contributed by atoms with E-state index in [1.165, 1.54) is 16.0 Å². The third-order valence-electron chi connectivity index (χ3n) is 4.21. The zero-order valence-corrected chi connectivity index (χ0v) is 13.0. The van der Waals surface area contributed by atoms with Gasteiger partial charge in [0.2, 0.25) is 5.91 Å². The molecule has 0 radical (unpaired) electrons. The summed E-state index contributed by atoms with van der Waals surface area (Å²) >= 11 is 1.67. The Balaban J connectivity index is 1.74. The van der Waals surface area contributed by atoms with Crippen LogP contribution in [0.5, 0.6) is 0 Å². The fraction of sp³-hybridized carbons (Fsp3) is 0.278. The Morgan fingerprint density at radius 3 is 2.50 bits per heavy atom. The first kappa shape index (κ1) is 13.9. The van der Waals surface area contributed by atoms with Gasteiger partial charge in [0.15, 0.2) is 0 Å². The summed E-state index contributed by atoms with van der Waals surface area (Å²) < 4.78 is 5.36. The minimum absolute atomic E-state index is 0.149. The van der Waals surface area contributed by atoms with E-state index in [0.29, 0.717) is 26.3 Å². The van der Waals surface area contributed by atoms with E-state index in [2.05, 4.69) is 30.3 Å². The molecule has 112 valence electrons. The topological polar surface area (TPSA) is 29.5 Å². The average molecular weight is 311 g/mol. The van der Waals surface area contributed by atoms with Crippen molar-refractivity contribution >= 4 is 17.7 Å². The maximum absolute atomic E-state index is 13.0. The van der Waals surface area contributed by atoms with Gasteiger partial charge in [-0.25, -0.2) is 0 Å². The van der Waals surface area contributed by atoms with Gasteiger partial charge in [-0.05, 0) is 22.8 Å². The van der Waals surface area contributed by atoms with Gasteiger partial charge in [-0.1, -0.05) is 42.5 Å². The molecule has 1 atom stereocenters. The number of morpholine rings is 1. The molecule has 3 nitrogen and oxygen atoms in total. The summed E-state index contributed by atoms with van der Waals surface area (Å²) in [4.78, 5) is 16.1. The number of nitrogens with zero attached hydrogens (tertiary/aromatic N) is 1. The number of carbonyl (C=O) groups excluding carboxylic acids is 1. The normalized spacial score (nSPS) is 20.2. The lowest BCUT2D eigenvalue weighted by atomic mass is 9.96. The van der Waals surface area contributed by atoms with Gasteiger partial charge in [0.05, 0.1) is 13.2 Å². The molecule has 2 aromatic carbocycles. The molecule has 2 aliphatic rings. The molecule has 2 aliphatic heterocycles. The smallest absolute Gasteiger partial charge is 0.240 e. The molecular weight excluding hydrogens is 294 g/mol. The molecule has 1 unspecified atom stereocenters. The predicted octanol–water partition coefficient (Wildman–Crippen LogP) is 3.36. The Morgan fingerprint density at radius 1 is 1.00 bits per heavy atom. The Morgan fingerprint density at radius 2 is 1.68 bits per heavy atom. The fourth-order valence-electron chi connectivity index (χ4n) is 3.09. The van der Waals surface area contributed by atoms with Crippen LogP contribution in [0.3, 0.4) is 0 Å². The minimum Gasteiger partial charge on any atom is -0.378 e. The van der Waals surface area contributed by atoms with Gasteiger partial charge in [0.1, 0.15) is 5.25 Å². The maximum atomic E-state index is 13.0. The zero-order chi connectivity index (χ0) is 14.9. The van der Waals surface area contributed by atoms with E-state index in [1.807, 2.05) is 23.1 Å². The molecule has 0 aromatic heterocycles. The van der Waals surface area contributed by atoms with E-state index in [1.54, 1.807) is 11.8 Å². The lowest BCUT2D eigenvalue weighted by molar-refractivity contribution is -0.134. The predicted molar refractivity (Wildman–Crippen MR) is 87.9 cm³/mol. The lowest BCUT2D eigenvalue weighted by Crippen LogP contribution is -2.42. The highest BCUT2D eigenvalue weighted by molar-refractivity contribution is 8.00. The fourth-order valence-corrected chi connectivity index (χ4v) is 4.38. The van der Waals surface area contributed by atoms with Gasteiger partial charge in [0, 0.05) is 18.0 Å². The highest BCUT2D eigenvalue weighted by atomic mass is 32.2. The first-order valence-electron chi connectivity index (χ1n) is 7.56. The van der Waals surface area contributed by atoms with E-state index in [4.69, 9.17) is 4.74 Å². The molecule has 0 N–H and O–H groups in total. The number of hydrogen-bond donors (Lipinski definition) is 0. The Kier molecular flexibility index (Phi) is 3.64. The molecule has 4 heteroatoms. The Bertz CT molecular complexity index is 710. The van der Waals surface area contributed by atoms with Crippen LogP contribution in [0.15, 0.2) is 53.4 Å². The van der Waals surface area contributed by atoms with Crippen LogP contribution in [-0.4, -0.2) is 37.1 Å². The number of ether oxygens (including phenoxy) is 1. The van der Waals surface area contributed by atoms with Crippen LogP contribution >= 0.6 is 11.8 Å². The number of benzene rings is 2. The van der Waals surface area contributed by atoms with Crippen LogP contribution in [0.4, 0.5) is 0 Å². The molecule has 1 amide bonds. The minimum atomic E-state index is -0.149. The maximum Gasteiger partial charge on any atom is 0.240 e. The number of hydrogen-bond acceptors (Lipinski definition) is 3. The molecule has 0 bridgehead atoms. The van der Waals surface area contributed by atoms with E-state index in [9.17, 15) is 4.79 Å². The second-order valence-corrected chi connectivity index (χ2v) is 6.67. The van der Waals surface area contributed by atoms with Gasteiger partial charge < -0.3 is 9.64 Å². The van der Waals surface area contributed by atoms with E-state index in [0.717, 1.165) is 5.56 Å². The van der Waals surface area contributed by atoms with E-state index >= 15 is 0 Å². The largest absolute Gasteiger partial charge is 0.378 e. The summed E-state index contributed by atoms with van der Waals surface area (Å²) in [5.74, 6) is 0.204. The first-order valence-corrected chi connectivity index (χ1v) is 8.44. The summed E-state index contributed by atoms with van der Waals surface area (Å²) in [6, 6.07) is 16.6. The summed E-state index contributed by atoms with van der Waals surface area (Å²) in [6.07, 6.45) is 0. The molecular formula is C18H17NO2S. The van der Waals surface area contributed by atoms with Crippen molar-refractivity contribution in [2.75, 3.05) is 26.3 Å². The third kappa shape index (κ3) is 2.32. The number of carbonyl (C=O) groups is 1. The van der Waals surface area contributed by atoms with Crippen molar-refractivity contribution < 1.29 is 9.53 Å². The molecule has 0 spiro atoms. The van der Waals surface area contributed by atoms with Crippen LogP contribution in [-0.2, 0) is 9.53 Å². The van der Waals surface area contributed by atoms with Gasteiger partial charge in [0.25, 0.3) is 0 Å². The highest BCUT2D eigenvalue weighted by Gasteiger charge is 2.33. The summed E-state index contributed by atoms with van der Waals surface area (Å²) in [5.41, 5.74) is 3.54. The molecule has 1 fully saturated rings. The summed E-state index contributed by atoms with van der Waals surface area (Å²) in [6.45, 7) is 2.67. The van der Waals surface area contributed by atoms with Crippen molar-refractivity contribution in [2.45, 2.75) is 10.1 Å². The zero-order valence-electron chi connectivity index (χ0n) is 12.2. The van der Waals surface area contributed by atoms with Crippen LogP contribution in [0.1, 0.15) is 10.8 Å². The Hall–Kier alpha value is -1.78. The quantitative estimate of drug-likeness (QED) is 0.809. The molecule has 2 aromatic rings. The molecule has 0 saturated carbocycles. The standard InChI is InChI=1S/C18H17NO2S/c20-18(19-9-11-21-12-10-19)17-15-7-2-1-5-13(15)14-6-3-4-8-16(14)22-17/h1-8,17H,9-12H2. The summed E-state index contributed by atoms with van der Waals surface area (Å²) in [7, 11) is 0. The third-order valence-corrected chi connectivity index (χ3v) is 5.51. The number of fused-ring (bicyclic) bond motifs is 3. The van der Waals surface area contributed by atoms with Crippen LogP contribution in [0.25, 0.3) is 11.1 Å². The highest BCUT2D eigenvalue weighted by Crippen LogP contribution is 2.49. The van der Waals surface area contributed by atoms with Crippen molar-refractivity contribution in [3.05, 3.63) is 54.1 Å².